The molecule has 1 aromatic carbocycles. The maximum absolute atomic E-state index is 10.6. The zero-order valence-corrected chi connectivity index (χ0v) is 9.68. The summed E-state index contributed by atoms with van der Waals surface area (Å²) in [5.74, 6) is 1.41. The minimum atomic E-state index is -0.430. The van der Waals surface area contributed by atoms with Crippen LogP contribution in [0.25, 0.3) is 0 Å². The SMILES string of the molecule is O=[N+]([O-])c1cccc(NC2=NC(=S)SC2)c1. The number of nitrogens with one attached hydrogen (secondary N) is 1. The quantitative estimate of drug-likeness (QED) is 0.498. The molecule has 0 amide bonds. The summed E-state index contributed by atoms with van der Waals surface area (Å²) >= 11 is 6.37. The number of amidine groups is 1. The van der Waals surface area contributed by atoms with Crippen LogP contribution < -0.4 is 5.32 Å². The van der Waals surface area contributed by atoms with Gasteiger partial charge in [-0.1, -0.05) is 30.0 Å². The molecule has 0 saturated heterocycles. The van der Waals surface area contributed by atoms with Crippen LogP contribution in [0.15, 0.2) is 29.3 Å². The molecule has 0 unspecified atom stereocenters. The van der Waals surface area contributed by atoms with Crippen molar-refractivity contribution in [3.8, 4) is 0 Å². The number of nitro benzene ring substituents is 1. The number of anilines is 1. The first-order chi connectivity index (χ1) is 7.65. The zero-order valence-electron chi connectivity index (χ0n) is 8.04. The molecule has 0 radical (unpaired) electrons. The number of non-ortho nitro benzene ring substituents is 1. The second-order valence-corrected chi connectivity index (χ2v) is 4.65. The molecule has 1 aromatic rings. The van der Waals surface area contributed by atoms with Gasteiger partial charge in [-0.25, -0.2) is 4.99 Å². The molecule has 16 heavy (non-hydrogen) atoms. The van der Waals surface area contributed by atoms with Gasteiger partial charge >= 0.3 is 0 Å². The van der Waals surface area contributed by atoms with Crippen molar-refractivity contribution < 1.29 is 4.92 Å². The third kappa shape index (κ3) is 2.56. The predicted molar refractivity (Wildman–Crippen MR) is 69.2 cm³/mol. The zero-order chi connectivity index (χ0) is 11.5. The lowest BCUT2D eigenvalue weighted by Crippen LogP contribution is -2.11. The van der Waals surface area contributed by atoms with E-state index < -0.39 is 4.92 Å². The maximum atomic E-state index is 10.6. The molecule has 0 spiro atoms. The second kappa shape index (κ2) is 4.58. The van der Waals surface area contributed by atoms with Gasteiger partial charge in [-0.3, -0.25) is 10.1 Å². The number of rotatable bonds is 2. The highest BCUT2D eigenvalue weighted by Gasteiger charge is 2.12. The number of thiocarbonyl (C=S) groups is 1. The highest BCUT2D eigenvalue weighted by atomic mass is 32.2. The van der Waals surface area contributed by atoms with Crippen molar-refractivity contribution in [2.45, 2.75) is 0 Å². The molecule has 5 nitrogen and oxygen atoms in total. The van der Waals surface area contributed by atoms with Crippen molar-refractivity contribution in [2.75, 3.05) is 11.1 Å². The smallest absolute Gasteiger partial charge is 0.271 e. The van der Waals surface area contributed by atoms with E-state index >= 15 is 0 Å². The number of nitrogens with zero attached hydrogens (tertiary/aromatic N) is 2. The lowest BCUT2D eigenvalue weighted by molar-refractivity contribution is -0.384. The van der Waals surface area contributed by atoms with E-state index in [0.29, 0.717) is 15.8 Å². The molecule has 82 valence electrons. The van der Waals surface area contributed by atoms with E-state index in [2.05, 4.69) is 10.3 Å². The second-order valence-electron chi connectivity index (χ2n) is 3.05. The molecule has 0 fully saturated rings. The minimum Gasteiger partial charge on any atom is -0.343 e. The number of thioether (sulfide) groups is 1. The molecule has 1 heterocycles. The van der Waals surface area contributed by atoms with E-state index in [1.165, 1.54) is 23.9 Å². The lowest BCUT2D eigenvalue weighted by atomic mass is 10.3. The van der Waals surface area contributed by atoms with E-state index in [9.17, 15) is 10.1 Å². The Morgan fingerprint density at radius 2 is 2.38 bits per heavy atom. The number of benzene rings is 1. The Kier molecular flexibility index (Phi) is 3.16. The van der Waals surface area contributed by atoms with Crippen molar-refractivity contribution in [2.24, 2.45) is 4.99 Å². The molecule has 7 heteroatoms. The number of hydrogen-bond acceptors (Lipinski definition) is 5. The third-order valence-electron chi connectivity index (χ3n) is 1.90. The van der Waals surface area contributed by atoms with Gasteiger partial charge in [0.15, 0.2) is 4.32 Å². The van der Waals surface area contributed by atoms with Crippen molar-refractivity contribution >= 4 is 45.5 Å². The first-order valence-electron chi connectivity index (χ1n) is 4.41. The molecule has 0 aromatic heterocycles. The summed E-state index contributed by atoms with van der Waals surface area (Å²) in [7, 11) is 0. The van der Waals surface area contributed by atoms with Crippen molar-refractivity contribution in [1.82, 2.24) is 0 Å². The van der Waals surface area contributed by atoms with Crippen molar-refractivity contribution in [3.63, 3.8) is 0 Å². The molecule has 1 aliphatic rings. The van der Waals surface area contributed by atoms with Gasteiger partial charge in [0, 0.05) is 17.8 Å². The summed E-state index contributed by atoms with van der Waals surface area (Å²) in [4.78, 5) is 14.2. The van der Waals surface area contributed by atoms with Crippen LogP contribution in [0.3, 0.4) is 0 Å². The van der Waals surface area contributed by atoms with Crippen LogP contribution in [0.2, 0.25) is 0 Å². The standard InChI is InChI=1S/C9H7N3O2S2/c13-12(14)7-3-1-2-6(4-7)10-8-5-16-9(15)11-8/h1-4H,5H2,(H,10,11,15). The molecule has 0 bridgehead atoms. The van der Waals surface area contributed by atoms with Gasteiger partial charge in [0.1, 0.15) is 5.84 Å². The largest absolute Gasteiger partial charge is 0.343 e. The molecule has 1 N–H and O–H groups in total. The molecule has 0 saturated carbocycles. The molecule has 2 rings (SSSR count). The minimum absolute atomic E-state index is 0.0545. The lowest BCUT2D eigenvalue weighted by Gasteiger charge is -2.03. The highest BCUT2D eigenvalue weighted by molar-refractivity contribution is 8.23. The fourth-order valence-corrected chi connectivity index (χ4v) is 2.09. The average Bonchev–Trinajstić information content (AvgIpc) is 2.64. The van der Waals surface area contributed by atoms with Gasteiger partial charge in [-0.15, -0.1) is 0 Å². The summed E-state index contributed by atoms with van der Waals surface area (Å²) in [6.45, 7) is 0. The highest BCUT2D eigenvalue weighted by Crippen LogP contribution is 2.20. The van der Waals surface area contributed by atoms with Crippen LogP contribution in [0.1, 0.15) is 0 Å². The van der Waals surface area contributed by atoms with Gasteiger partial charge in [0.2, 0.25) is 0 Å². The van der Waals surface area contributed by atoms with Gasteiger partial charge in [0.05, 0.1) is 10.7 Å². The first-order valence-corrected chi connectivity index (χ1v) is 5.80. The van der Waals surface area contributed by atoms with Crippen LogP contribution >= 0.6 is 24.0 Å². The van der Waals surface area contributed by atoms with Gasteiger partial charge in [-0.05, 0) is 6.07 Å². The average molecular weight is 253 g/mol. The Morgan fingerprint density at radius 1 is 1.56 bits per heavy atom. The molecule has 1 aliphatic heterocycles. The Labute approximate surface area is 101 Å². The molecular formula is C9H7N3O2S2. The number of hydrogen-bond donors (Lipinski definition) is 1. The third-order valence-corrected chi connectivity index (χ3v) is 3.11. The van der Waals surface area contributed by atoms with Crippen LogP contribution in [0.5, 0.6) is 0 Å². The van der Waals surface area contributed by atoms with E-state index in [0.717, 1.165) is 5.84 Å². The van der Waals surface area contributed by atoms with Crippen LogP contribution in [0.4, 0.5) is 11.4 Å². The van der Waals surface area contributed by atoms with Crippen molar-refractivity contribution in [1.29, 1.82) is 0 Å². The number of aliphatic imine (C=N–C) groups is 1. The summed E-state index contributed by atoms with van der Waals surface area (Å²) in [6, 6.07) is 6.29. The Morgan fingerprint density at radius 3 is 3.00 bits per heavy atom. The Hall–Kier alpha value is -1.47. The predicted octanol–water partition coefficient (Wildman–Crippen LogP) is 2.44. The van der Waals surface area contributed by atoms with E-state index in [4.69, 9.17) is 12.2 Å². The fourth-order valence-electron chi connectivity index (χ4n) is 1.23. The summed E-state index contributed by atoms with van der Waals surface area (Å²) in [5.41, 5.74) is 0.706. The van der Waals surface area contributed by atoms with Crippen LogP contribution in [-0.2, 0) is 0 Å². The Balaban J connectivity index is 2.16. The molecule has 0 aliphatic carbocycles. The van der Waals surface area contributed by atoms with Gasteiger partial charge in [-0.2, -0.15) is 0 Å². The molecular weight excluding hydrogens is 246 g/mol. The first kappa shape index (κ1) is 11.0. The van der Waals surface area contributed by atoms with E-state index in [1.54, 1.807) is 12.1 Å². The normalized spacial score (nSPS) is 14.8. The summed E-state index contributed by atoms with van der Waals surface area (Å²) < 4.78 is 0.591. The van der Waals surface area contributed by atoms with Crippen LogP contribution in [0, 0.1) is 10.1 Å². The van der Waals surface area contributed by atoms with E-state index in [-0.39, 0.29) is 5.69 Å². The topological polar surface area (TPSA) is 67.5 Å². The summed E-state index contributed by atoms with van der Waals surface area (Å²) in [5, 5.41) is 13.6. The van der Waals surface area contributed by atoms with E-state index in [1.807, 2.05) is 0 Å². The molecule has 0 atom stereocenters. The monoisotopic (exact) mass is 253 g/mol. The number of nitro groups is 1. The fraction of sp³-hybridized carbons (Fsp3) is 0.111. The maximum Gasteiger partial charge on any atom is 0.271 e. The van der Waals surface area contributed by atoms with Gasteiger partial charge in [0.25, 0.3) is 5.69 Å². The Bertz CT molecular complexity index is 487. The van der Waals surface area contributed by atoms with Crippen molar-refractivity contribution in [3.05, 3.63) is 34.4 Å². The van der Waals surface area contributed by atoms with Crippen LogP contribution in [-0.4, -0.2) is 20.8 Å². The summed E-state index contributed by atoms with van der Waals surface area (Å²) in [6.07, 6.45) is 0. The van der Waals surface area contributed by atoms with Gasteiger partial charge < -0.3 is 5.32 Å².